The van der Waals surface area contributed by atoms with Gasteiger partial charge in [-0.2, -0.15) is 0 Å². The monoisotopic (exact) mass is 254 g/mol. The minimum atomic E-state index is -0.270. The van der Waals surface area contributed by atoms with Gasteiger partial charge in [0.15, 0.2) is 0 Å². The van der Waals surface area contributed by atoms with Crippen molar-refractivity contribution in [1.82, 2.24) is 15.1 Å². The number of carbonyl (C=O) groups excluding carboxylic acids is 2. The fraction of sp³-hybridized carbons (Fsp3) is 0.833. The van der Waals surface area contributed by atoms with Crippen LogP contribution >= 0.6 is 0 Å². The minimum absolute atomic E-state index is 0.0928. The fourth-order valence-electron chi connectivity index (χ4n) is 2.60. The predicted octanol–water partition coefficient (Wildman–Crippen LogP) is -0.403. The second kappa shape index (κ2) is 4.85. The number of nitrogens with zero attached hydrogens (tertiary/aromatic N) is 2. The Labute approximate surface area is 107 Å². The standard InChI is InChI=1S/C12H22N4O2/c1-12(2)8-15(4-3-9(12)13)5-6-16-10(17)7-14-11(16)18/h9H,3-8,13H2,1-2H3,(H,14,18). The van der Waals surface area contributed by atoms with Crippen molar-refractivity contribution >= 4 is 11.9 Å². The zero-order chi connectivity index (χ0) is 13.3. The van der Waals surface area contributed by atoms with Crippen LogP contribution in [0, 0.1) is 5.41 Å². The van der Waals surface area contributed by atoms with E-state index >= 15 is 0 Å². The van der Waals surface area contributed by atoms with Crippen LogP contribution in [-0.4, -0.2) is 60.5 Å². The van der Waals surface area contributed by atoms with Gasteiger partial charge in [0.1, 0.15) is 0 Å². The van der Waals surface area contributed by atoms with Crippen molar-refractivity contribution in [3.8, 4) is 0 Å². The van der Waals surface area contributed by atoms with E-state index < -0.39 is 0 Å². The highest BCUT2D eigenvalue weighted by Gasteiger charge is 2.34. The molecule has 2 fully saturated rings. The van der Waals surface area contributed by atoms with Gasteiger partial charge in [0.25, 0.3) is 0 Å². The molecule has 0 radical (unpaired) electrons. The molecule has 18 heavy (non-hydrogen) atoms. The molecule has 0 aromatic heterocycles. The van der Waals surface area contributed by atoms with Crippen molar-refractivity contribution in [2.75, 3.05) is 32.7 Å². The summed E-state index contributed by atoms with van der Waals surface area (Å²) in [5.41, 5.74) is 6.17. The van der Waals surface area contributed by atoms with E-state index in [1.807, 2.05) is 0 Å². The maximum Gasteiger partial charge on any atom is 0.324 e. The first-order valence-corrected chi connectivity index (χ1v) is 6.46. The summed E-state index contributed by atoms with van der Waals surface area (Å²) in [6.07, 6.45) is 0.965. The van der Waals surface area contributed by atoms with E-state index in [1.54, 1.807) is 0 Å². The molecule has 0 aromatic rings. The van der Waals surface area contributed by atoms with Gasteiger partial charge in [-0.15, -0.1) is 0 Å². The van der Waals surface area contributed by atoms with Crippen LogP contribution in [0.1, 0.15) is 20.3 Å². The molecule has 102 valence electrons. The Kier molecular flexibility index (Phi) is 3.59. The third-order valence-electron chi connectivity index (χ3n) is 3.97. The lowest BCUT2D eigenvalue weighted by Gasteiger charge is -2.42. The first kappa shape index (κ1) is 13.3. The number of likely N-dealkylation sites (tertiary alicyclic amines) is 1. The molecule has 0 aromatic carbocycles. The second-order valence-corrected chi connectivity index (χ2v) is 5.86. The van der Waals surface area contributed by atoms with Gasteiger partial charge in [0.05, 0.1) is 6.54 Å². The number of amides is 3. The number of nitrogens with two attached hydrogens (primary N) is 1. The Morgan fingerprint density at radius 3 is 2.67 bits per heavy atom. The Hall–Kier alpha value is -1.14. The largest absolute Gasteiger partial charge is 0.329 e. The smallest absolute Gasteiger partial charge is 0.324 e. The van der Waals surface area contributed by atoms with Crippen LogP contribution in [0.3, 0.4) is 0 Å². The number of rotatable bonds is 3. The van der Waals surface area contributed by atoms with E-state index in [0.29, 0.717) is 6.54 Å². The number of hydrogen-bond acceptors (Lipinski definition) is 4. The van der Waals surface area contributed by atoms with Crippen LogP contribution in [0.2, 0.25) is 0 Å². The average molecular weight is 254 g/mol. The number of imide groups is 1. The Morgan fingerprint density at radius 1 is 1.39 bits per heavy atom. The molecule has 0 saturated carbocycles. The molecule has 1 atom stereocenters. The molecule has 2 heterocycles. The molecule has 0 spiro atoms. The molecular weight excluding hydrogens is 232 g/mol. The van der Waals surface area contributed by atoms with Crippen LogP contribution < -0.4 is 11.1 Å². The Balaban J connectivity index is 1.84. The molecule has 3 N–H and O–H groups in total. The lowest BCUT2D eigenvalue weighted by Crippen LogP contribution is -2.53. The maximum absolute atomic E-state index is 11.4. The summed E-state index contributed by atoms with van der Waals surface area (Å²) >= 11 is 0. The summed E-state index contributed by atoms with van der Waals surface area (Å²) < 4.78 is 0. The van der Waals surface area contributed by atoms with Gasteiger partial charge in [-0.3, -0.25) is 9.69 Å². The first-order valence-electron chi connectivity index (χ1n) is 6.46. The third-order valence-corrected chi connectivity index (χ3v) is 3.97. The van der Waals surface area contributed by atoms with Gasteiger partial charge < -0.3 is 16.0 Å². The summed E-state index contributed by atoms with van der Waals surface area (Å²) in [6, 6.07) is -0.0431. The minimum Gasteiger partial charge on any atom is -0.329 e. The Morgan fingerprint density at radius 2 is 2.11 bits per heavy atom. The molecule has 3 amide bonds. The van der Waals surface area contributed by atoms with Crippen molar-refractivity contribution in [2.24, 2.45) is 11.1 Å². The number of hydrogen-bond donors (Lipinski definition) is 2. The Bertz CT molecular complexity index is 340. The van der Waals surface area contributed by atoms with E-state index in [-0.39, 0.29) is 29.9 Å². The van der Waals surface area contributed by atoms with Crippen molar-refractivity contribution in [3.63, 3.8) is 0 Å². The van der Waals surface area contributed by atoms with Crippen molar-refractivity contribution < 1.29 is 9.59 Å². The summed E-state index contributed by atoms with van der Waals surface area (Å²) in [4.78, 5) is 26.4. The molecule has 6 heteroatoms. The highest BCUT2D eigenvalue weighted by atomic mass is 16.2. The third kappa shape index (κ3) is 2.64. The highest BCUT2D eigenvalue weighted by Crippen LogP contribution is 2.27. The predicted molar refractivity (Wildman–Crippen MR) is 67.9 cm³/mol. The lowest BCUT2D eigenvalue weighted by atomic mass is 9.80. The van der Waals surface area contributed by atoms with Gasteiger partial charge in [-0.25, -0.2) is 4.79 Å². The zero-order valence-electron chi connectivity index (χ0n) is 11.1. The van der Waals surface area contributed by atoms with Crippen LogP contribution in [0.4, 0.5) is 4.79 Å². The molecule has 1 unspecified atom stereocenters. The summed E-state index contributed by atoms with van der Waals surface area (Å²) in [7, 11) is 0. The summed E-state index contributed by atoms with van der Waals surface area (Å²) in [6.45, 7) is 7.52. The van der Waals surface area contributed by atoms with Gasteiger partial charge in [0.2, 0.25) is 5.91 Å². The zero-order valence-corrected chi connectivity index (χ0v) is 11.1. The SMILES string of the molecule is CC1(C)CN(CCN2C(=O)CNC2=O)CCC1N. The van der Waals surface area contributed by atoms with Crippen molar-refractivity contribution in [1.29, 1.82) is 0 Å². The van der Waals surface area contributed by atoms with Gasteiger partial charge >= 0.3 is 6.03 Å². The second-order valence-electron chi connectivity index (χ2n) is 5.86. The lowest BCUT2D eigenvalue weighted by molar-refractivity contribution is -0.125. The average Bonchev–Trinajstić information content (AvgIpc) is 2.61. The van der Waals surface area contributed by atoms with Crippen molar-refractivity contribution in [3.05, 3.63) is 0 Å². The molecular formula is C12H22N4O2. The number of piperidine rings is 1. The van der Waals surface area contributed by atoms with E-state index in [0.717, 1.165) is 26.1 Å². The van der Waals surface area contributed by atoms with Crippen LogP contribution in [0.25, 0.3) is 0 Å². The molecule has 6 nitrogen and oxygen atoms in total. The number of nitrogens with one attached hydrogen (secondary N) is 1. The van der Waals surface area contributed by atoms with Crippen molar-refractivity contribution in [2.45, 2.75) is 26.3 Å². The van der Waals surface area contributed by atoms with Gasteiger partial charge in [0, 0.05) is 25.7 Å². The normalized spacial score (nSPS) is 28.6. The van der Waals surface area contributed by atoms with E-state index in [4.69, 9.17) is 5.73 Å². The quantitative estimate of drug-likeness (QED) is 0.672. The molecule has 2 rings (SSSR count). The fourth-order valence-corrected chi connectivity index (χ4v) is 2.60. The first-order chi connectivity index (χ1) is 8.40. The molecule has 0 aliphatic carbocycles. The van der Waals surface area contributed by atoms with Crippen LogP contribution in [0.5, 0.6) is 0 Å². The van der Waals surface area contributed by atoms with Gasteiger partial charge in [-0.05, 0) is 18.4 Å². The van der Waals surface area contributed by atoms with Gasteiger partial charge in [-0.1, -0.05) is 13.8 Å². The molecule has 0 bridgehead atoms. The number of urea groups is 1. The van der Waals surface area contributed by atoms with Crippen LogP contribution in [-0.2, 0) is 4.79 Å². The highest BCUT2D eigenvalue weighted by molar-refractivity contribution is 6.01. The molecule has 2 saturated heterocycles. The molecule has 2 aliphatic rings. The van der Waals surface area contributed by atoms with E-state index in [2.05, 4.69) is 24.1 Å². The topological polar surface area (TPSA) is 78.7 Å². The summed E-state index contributed by atoms with van der Waals surface area (Å²) in [5.74, 6) is -0.132. The van der Waals surface area contributed by atoms with E-state index in [1.165, 1.54) is 4.90 Å². The maximum atomic E-state index is 11.4. The van der Waals surface area contributed by atoms with E-state index in [9.17, 15) is 9.59 Å². The molecule has 2 aliphatic heterocycles. The summed E-state index contributed by atoms with van der Waals surface area (Å²) in [5, 5.41) is 2.53. The number of carbonyl (C=O) groups is 2. The van der Waals surface area contributed by atoms with Crippen LogP contribution in [0.15, 0.2) is 0 Å².